The molecule has 0 saturated carbocycles. The molecule has 1 aliphatic heterocycles. The second-order valence-electron chi connectivity index (χ2n) is 5.31. The smallest absolute Gasteiger partial charge is 0.305 e. The summed E-state index contributed by atoms with van der Waals surface area (Å²) in [5.74, 6) is 0.112. The second-order valence-corrected chi connectivity index (χ2v) is 6.27. The Labute approximate surface area is 148 Å². The highest BCUT2D eigenvalue weighted by Crippen LogP contribution is 2.20. The summed E-state index contributed by atoms with van der Waals surface area (Å²) in [4.78, 5) is 17.9. The van der Waals surface area contributed by atoms with Gasteiger partial charge < -0.3 is 4.74 Å². The molecule has 1 aliphatic rings. The van der Waals surface area contributed by atoms with Crippen molar-refractivity contribution in [1.29, 1.82) is 5.26 Å². The number of carbonyl (C=O) groups is 1. The lowest BCUT2D eigenvalue weighted by atomic mass is 10.3. The first-order valence-electron chi connectivity index (χ1n) is 7.68. The monoisotopic (exact) mass is 361 g/mol. The summed E-state index contributed by atoms with van der Waals surface area (Å²) in [6.45, 7) is 4.50. The number of morpholine rings is 1. The van der Waals surface area contributed by atoms with Gasteiger partial charge in [-0.3, -0.25) is 14.6 Å². The van der Waals surface area contributed by atoms with Crippen LogP contribution in [0, 0.1) is 18.3 Å². The van der Waals surface area contributed by atoms with Gasteiger partial charge in [0.15, 0.2) is 0 Å². The Morgan fingerprint density at radius 3 is 3.04 bits per heavy atom. The molecule has 130 valence electrons. The number of carbonyl (C=O) groups excluding carboxylic acids is 1. The summed E-state index contributed by atoms with van der Waals surface area (Å²) in [5.41, 5.74) is 1.25. The standard InChI is InChI=1S/C15H16N6O3S/c1-11-2-3-12(8-16)15(17-11)25-10-13(22)18-14-9-21(19-24-14)20-4-6-23-7-5-20/h2-3,9H,4-7,10H2,1H3/p+1. The van der Waals surface area contributed by atoms with Crippen molar-refractivity contribution >= 4 is 23.6 Å². The molecule has 0 aliphatic carbocycles. The molecule has 0 radical (unpaired) electrons. The molecule has 0 aromatic carbocycles. The van der Waals surface area contributed by atoms with E-state index in [1.54, 1.807) is 23.1 Å². The number of nitrogens with zero attached hydrogens (tertiary/aromatic N) is 5. The highest BCUT2D eigenvalue weighted by atomic mass is 32.2. The number of ether oxygens (including phenoxy) is 1. The number of amides is 1. The molecule has 0 bridgehead atoms. The van der Waals surface area contributed by atoms with Crippen LogP contribution in [0.25, 0.3) is 0 Å². The lowest BCUT2D eigenvalue weighted by Crippen LogP contribution is -2.62. The minimum absolute atomic E-state index is 0.114. The van der Waals surface area contributed by atoms with E-state index < -0.39 is 0 Å². The average molecular weight is 361 g/mol. The molecule has 0 unspecified atom stereocenters. The van der Waals surface area contributed by atoms with Crippen molar-refractivity contribution in [1.82, 2.24) is 10.3 Å². The highest BCUT2D eigenvalue weighted by Gasteiger charge is 2.23. The molecular formula is C15H17N6O3S+. The zero-order chi connectivity index (χ0) is 17.6. The van der Waals surface area contributed by atoms with Crippen LogP contribution in [0.2, 0.25) is 0 Å². The Bertz CT molecular complexity index is 797. The third-order valence-electron chi connectivity index (χ3n) is 3.46. The van der Waals surface area contributed by atoms with Gasteiger partial charge in [-0.05, 0) is 19.1 Å². The topological polar surface area (TPSA) is 108 Å². The molecule has 3 heterocycles. The molecule has 2 aromatic heterocycles. The Hall–Kier alpha value is -2.64. The van der Waals surface area contributed by atoms with E-state index in [-0.39, 0.29) is 17.5 Å². The van der Waals surface area contributed by atoms with Crippen LogP contribution in [0.1, 0.15) is 11.3 Å². The molecule has 1 saturated heterocycles. The van der Waals surface area contributed by atoms with E-state index in [4.69, 9.17) is 14.5 Å². The minimum atomic E-state index is -0.262. The van der Waals surface area contributed by atoms with E-state index in [0.717, 1.165) is 5.69 Å². The number of hydrogen-bond donors (Lipinski definition) is 1. The molecular weight excluding hydrogens is 344 g/mol. The predicted octanol–water partition coefficient (Wildman–Crippen LogP) is 0.236. The zero-order valence-corrected chi connectivity index (χ0v) is 14.5. The molecule has 9 nitrogen and oxygen atoms in total. The van der Waals surface area contributed by atoms with E-state index in [0.29, 0.717) is 36.9 Å². The van der Waals surface area contributed by atoms with Crippen LogP contribution in [0.3, 0.4) is 0 Å². The fraction of sp³-hybridized carbons (Fsp3) is 0.400. The summed E-state index contributed by atoms with van der Waals surface area (Å²) >= 11 is 1.21. The maximum absolute atomic E-state index is 12.1. The summed E-state index contributed by atoms with van der Waals surface area (Å²) in [6.07, 6.45) is 1.61. The van der Waals surface area contributed by atoms with E-state index >= 15 is 0 Å². The number of anilines is 1. The molecule has 0 spiro atoms. The molecule has 3 rings (SSSR count). The number of aromatic nitrogens is 3. The Kier molecular flexibility index (Phi) is 5.47. The molecule has 25 heavy (non-hydrogen) atoms. The van der Waals surface area contributed by atoms with Gasteiger partial charge in [0.2, 0.25) is 11.2 Å². The van der Waals surface area contributed by atoms with Gasteiger partial charge in [-0.25, -0.2) is 4.98 Å². The van der Waals surface area contributed by atoms with Crippen LogP contribution < -0.4 is 15.1 Å². The fourth-order valence-corrected chi connectivity index (χ4v) is 3.04. The van der Waals surface area contributed by atoms with Crippen molar-refractivity contribution < 1.29 is 18.8 Å². The number of pyridine rings is 1. The molecule has 0 atom stereocenters. The maximum atomic E-state index is 12.1. The van der Waals surface area contributed by atoms with Gasteiger partial charge in [0.1, 0.15) is 11.1 Å². The lowest BCUT2D eigenvalue weighted by Gasteiger charge is -2.18. The largest absolute Gasteiger partial charge is 0.377 e. The van der Waals surface area contributed by atoms with Crippen molar-refractivity contribution in [3.05, 3.63) is 29.6 Å². The lowest BCUT2D eigenvalue weighted by molar-refractivity contribution is -0.759. The van der Waals surface area contributed by atoms with E-state index in [1.807, 2.05) is 11.9 Å². The van der Waals surface area contributed by atoms with Crippen LogP contribution in [-0.4, -0.2) is 48.2 Å². The van der Waals surface area contributed by atoms with E-state index in [2.05, 4.69) is 21.6 Å². The Morgan fingerprint density at radius 2 is 2.28 bits per heavy atom. The number of aryl methyl sites for hydroxylation is 1. The van der Waals surface area contributed by atoms with Gasteiger partial charge in [-0.1, -0.05) is 11.8 Å². The van der Waals surface area contributed by atoms with E-state index in [1.165, 1.54) is 11.8 Å². The molecule has 2 aromatic rings. The number of thioether (sulfide) groups is 1. The van der Waals surface area contributed by atoms with Crippen molar-refractivity contribution in [2.24, 2.45) is 0 Å². The fourth-order valence-electron chi connectivity index (χ4n) is 2.22. The summed E-state index contributed by atoms with van der Waals surface area (Å²) in [6, 6.07) is 5.54. The Morgan fingerprint density at radius 1 is 1.48 bits per heavy atom. The minimum Gasteiger partial charge on any atom is -0.377 e. The molecule has 1 N–H and O–H groups in total. The SMILES string of the molecule is Cc1ccc(C#N)c(SCC(=O)Nc2c[n+](N3CCOCC3)no2)n1. The Balaban J connectivity index is 1.55. The molecule has 10 heteroatoms. The average Bonchev–Trinajstić information content (AvgIpc) is 3.09. The normalized spacial score (nSPS) is 14.2. The molecule has 1 fully saturated rings. The third-order valence-corrected chi connectivity index (χ3v) is 4.45. The van der Waals surface area contributed by atoms with Crippen molar-refractivity contribution in [3.63, 3.8) is 0 Å². The number of rotatable bonds is 5. The van der Waals surface area contributed by atoms with Crippen LogP contribution in [-0.2, 0) is 9.53 Å². The quantitative estimate of drug-likeness (QED) is 0.596. The van der Waals surface area contributed by atoms with E-state index in [9.17, 15) is 4.79 Å². The van der Waals surface area contributed by atoms with Crippen LogP contribution in [0.15, 0.2) is 27.9 Å². The van der Waals surface area contributed by atoms with Gasteiger partial charge in [0.25, 0.3) is 6.20 Å². The number of hydrogen-bond acceptors (Lipinski definition) is 8. The van der Waals surface area contributed by atoms with Gasteiger partial charge >= 0.3 is 5.88 Å². The van der Waals surface area contributed by atoms with Gasteiger partial charge in [0, 0.05) is 5.69 Å². The van der Waals surface area contributed by atoms with Gasteiger partial charge in [-0.2, -0.15) is 5.26 Å². The number of nitrogens with one attached hydrogen (secondary N) is 1. The highest BCUT2D eigenvalue weighted by molar-refractivity contribution is 8.00. The van der Waals surface area contributed by atoms with Crippen molar-refractivity contribution in [2.45, 2.75) is 11.9 Å². The third kappa shape index (κ3) is 4.46. The number of nitriles is 1. The predicted molar refractivity (Wildman–Crippen MR) is 88.5 cm³/mol. The first-order valence-corrected chi connectivity index (χ1v) is 8.66. The van der Waals surface area contributed by atoms with Crippen LogP contribution >= 0.6 is 11.8 Å². The summed E-state index contributed by atoms with van der Waals surface area (Å²) < 4.78 is 10.4. The summed E-state index contributed by atoms with van der Waals surface area (Å²) in [7, 11) is 0. The maximum Gasteiger partial charge on any atom is 0.305 e. The van der Waals surface area contributed by atoms with Crippen molar-refractivity contribution in [2.75, 3.05) is 42.4 Å². The zero-order valence-electron chi connectivity index (χ0n) is 13.6. The first kappa shape index (κ1) is 17.2. The van der Waals surface area contributed by atoms with Crippen LogP contribution in [0.5, 0.6) is 0 Å². The second kappa shape index (κ2) is 7.96. The first-order chi connectivity index (χ1) is 12.2. The summed E-state index contributed by atoms with van der Waals surface area (Å²) in [5, 5.41) is 18.1. The van der Waals surface area contributed by atoms with Gasteiger partial charge in [0.05, 0.1) is 42.4 Å². The van der Waals surface area contributed by atoms with Crippen LogP contribution in [0.4, 0.5) is 5.88 Å². The van der Waals surface area contributed by atoms with Gasteiger partial charge in [-0.15, -0.1) is 5.01 Å². The van der Waals surface area contributed by atoms with Crippen molar-refractivity contribution in [3.8, 4) is 6.07 Å². The molecule has 1 amide bonds.